The van der Waals surface area contributed by atoms with Crippen LogP contribution in [0.2, 0.25) is 0 Å². The summed E-state index contributed by atoms with van der Waals surface area (Å²) in [4.78, 5) is 16.4. The number of rotatable bonds is 7. The zero-order valence-electron chi connectivity index (χ0n) is 14.8. The summed E-state index contributed by atoms with van der Waals surface area (Å²) < 4.78 is 5.62. The molecule has 1 aliphatic heterocycles. The highest BCUT2D eigenvalue weighted by molar-refractivity contribution is 5.78. The van der Waals surface area contributed by atoms with Crippen molar-refractivity contribution >= 4 is 5.91 Å². The molecule has 2 aliphatic rings. The van der Waals surface area contributed by atoms with E-state index in [4.69, 9.17) is 15.3 Å². The second-order valence-corrected chi connectivity index (χ2v) is 6.83. The Labute approximate surface area is 149 Å². The molecule has 1 saturated heterocycles. The molecule has 25 heavy (non-hydrogen) atoms. The van der Waals surface area contributed by atoms with Crippen molar-refractivity contribution < 1.29 is 14.6 Å². The molecule has 1 amide bonds. The fourth-order valence-electron chi connectivity index (χ4n) is 3.84. The third-order valence-corrected chi connectivity index (χ3v) is 5.23. The lowest BCUT2D eigenvalue weighted by Crippen LogP contribution is -2.55. The fourth-order valence-corrected chi connectivity index (χ4v) is 3.84. The van der Waals surface area contributed by atoms with E-state index in [0.717, 1.165) is 25.7 Å². The van der Waals surface area contributed by atoms with Gasteiger partial charge in [0.15, 0.2) is 0 Å². The van der Waals surface area contributed by atoms with E-state index < -0.39 is 0 Å². The SMILES string of the molecule is N#CCCN(CCC#N)C(=O)CN1CCOC[C@@H]1[C@@H]1CCCC[C@@H]1O. The average molecular weight is 348 g/mol. The molecule has 138 valence electrons. The van der Waals surface area contributed by atoms with E-state index in [9.17, 15) is 9.90 Å². The van der Waals surface area contributed by atoms with Crippen molar-refractivity contribution in [2.24, 2.45) is 5.92 Å². The molecule has 0 unspecified atom stereocenters. The van der Waals surface area contributed by atoms with Gasteiger partial charge in [0.2, 0.25) is 5.91 Å². The third-order valence-electron chi connectivity index (χ3n) is 5.23. The molecule has 2 rings (SSSR count). The largest absolute Gasteiger partial charge is 0.393 e. The summed E-state index contributed by atoms with van der Waals surface area (Å²) in [6.07, 6.45) is 4.16. The van der Waals surface area contributed by atoms with E-state index in [1.54, 1.807) is 4.90 Å². The highest BCUT2D eigenvalue weighted by Crippen LogP contribution is 2.31. The van der Waals surface area contributed by atoms with Gasteiger partial charge in [0.1, 0.15) is 0 Å². The molecular formula is C18H28N4O3. The number of morpholine rings is 1. The molecule has 1 N–H and O–H groups in total. The molecule has 7 heteroatoms. The smallest absolute Gasteiger partial charge is 0.236 e. The van der Waals surface area contributed by atoms with Gasteiger partial charge in [-0.25, -0.2) is 0 Å². The Morgan fingerprint density at radius 2 is 1.88 bits per heavy atom. The first-order chi connectivity index (χ1) is 12.2. The summed E-state index contributed by atoms with van der Waals surface area (Å²) in [5.74, 6) is 0.0937. The Bertz CT molecular complexity index is 495. The Hall–Kier alpha value is -1.67. The molecule has 0 aromatic heterocycles. The van der Waals surface area contributed by atoms with Crippen LogP contribution in [0.25, 0.3) is 0 Å². The molecule has 1 aliphatic carbocycles. The fraction of sp³-hybridized carbons (Fsp3) is 0.833. The monoisotopic (exact) mass is 348 g/mol. The van der Waals surface area contributed by atoms with Gasteiger partial charge >= 0.3 is 0 Å². The van der Waals surface area contributed by atoms with E-state index >= 15 is 0 Å². The average Bonchev–Trinajstić information content (AvgIpc) is 2.63. The first-order valence-corrected chi connectivity index (χ1v) is 9.19. The number of ether oxygens (including phenoxy) is 1. The Kier molecular flexibility index (Phi) is 8.14. The number of hydrogen-bond acceptors (Lipinski definition) is 6. The maximum atomic E-state index is 12.7. The van der Waals surface area contributed by atoms with Crippen LogP contribution in [0.15, 0.2) is 0 Å². The lowest BCUT2D eigenvalue weighted by Gasteiger charge is -2.43. The van der Waals surface area contributed by atoms with Gasteiger partial charge in [-0.1, -0.05) is 12.8 Å². The number of carbonyl (C=O) groups is 1. The van der Waals surface area contributed by atoms with Gasteiger partial charge in [0.05, 0.1) is 50.8 Å². The number of aliphatic hydroxyl groups is 1. The van der Waals surface area contributed by atoms with Gasteiger partial charge in [-0.2, -0.15) is 10.5 Å². The summed E-state index contributed by atoms with van der Waals surface area (Å²) >= 11 is 0. The molecule has 0 aromatic carbocycles. The summed E-state index contributed by atoms with van der Waals surface area (Å²) in [7, 11) is 0. The highest BCUT2D eigenvalue weighted by Gasteiger charge is 2.37. The van der Waals surface area contributed by atoms with Gasteiger partial charge in [-0.05, 0) is 12.8 Å². The maximum Gasteiger partial charge on any atom is 0.236 e. The second-order valence-electron chi connectivity index (χ2n) is 6.83. The minimum atomic E-state index is -0.327. The molecule has 1 heterocycles. The van der Waals surface area contributed by atoms with E-state index in [0.29, 0.717) is 32.8 Å². The van der Waals surface area contributed by atoms with Gasteiger partial charge in [0.25, 0.3) is 0 Å². The summed E-state index contributed by atoms with van der Waals surface area (Å²) in [6.45, 7) is 2.78. The Morgan fingerprint density at radius 1 is 1.20 bits per heavy atom. The van der Waals surface area contributed by atoms with Crippen molar-refractivity contribution in [3.8, 4) is 12.1 Å². The van der Waals surface area contributed by atoms with Crippen LogP contribution in [0, 0.1) is 28.6 Å². The van der Waals surface area contributed by atoms with E-state index in [2.05, 4.69) is 17.0 Å². The predicted octanol–water partition coefficient (Wildman–Crippen LogP) is 0.894. The van der Waals surface area contributed by atoms with Crippen molar-refractivity contribution in [1.29, 1.82) is 10.5 Å². The minimum absolute atomic E-state index is 0.0531. The second kappa shape index (κ2) is 10.4. The van der Waals surface area contributed by atoms with Crippen LogP contribution in [0.1, 0.15) is 38.5 Å². The number of nitrogens with zero attached hydrogens (tertiary/aromatic N) is 4. The van der Waals surface area contributed by atoms with E-state index in [1.165, 1.54) is 0 Å². The molecule has 2 fully saturated rings. The lowest BCUT2D eigenvalue weighted by molar-refractivity contribution is -0.137. The summed E-state index contributed by atoms with van der Waals surface area (Å²) in [6, 6.07) is 4.17. The highest BCUT2D eigenvalue weighted by atomic mass is 16.5. The molecule has 0 radical (unpaired) electrons. The minimum Gasteiger partial charge on any atom is -0.393 e. The van der Waals surface area contributed by atoms with Crippen molar-refractivity contribution in [2.75, 3.05) is 39.4 Å². The number of aliphatic hydroxyl groups excluding tert-OH is 1. The molecular weight excluding hydrogens is 320 g/mol. The van der Waals surface area contributed by atoms with Crippen molar-refractivity contribution in [2.45, 2.75) is 50.7 Å². The van der Waals surface area contributed by atoms with Crippen LogP contribution < -0.4 is 0 Å². The molecule has 7 nitrogen and oxygen atoms in total. The molecule has 1 saturated carbocycles. The third kappa shape index (κ3) is 5.67. The molecule has 0 aromatic rings. The molecule has 0 spiro atoms. The van der Waals surface area contributed by atoms with Crippen LogP contribution in [0.3, 0.4) is 0 Å². The van der Waals surface area contributed by atoms with Crippen LogP contribution in [-0.4, -0.2) is 72.4 Å². The van der Waals surface area contributed by atoms with Gasteiger partial charge < -0.3 is 14.7 Å². The zero-order valence-corrected chi connectivity index (χ0v) is 14.8. The van der Waals surface area contributed by atoms with Crippen LogP contribution in [0.4, 0.5) is 0 Å². The number of amides is 1. The first kappa shape index (κ1) is 19.7. The van der Waals surface area contributed by atoms with Crippen LogP contribution >= 0.6 is 0 Å². The maximum absolute atomic E-state index is 12.7. The van der Waals surface area contributed by atoms with E-state index in [1.807, 2.05) is 0 Å². The van der Waals surface area contributed by atoms with Gasteiger partial charge in [0, 0.05) is 31.6 Å². The lowest BCUT2D eigenvalue weighted by atomic mass is 9.80. The van der Waals surface area contributed by atoms with Crippen molar-refractivity contribution in [3.63, 3.8) is 0 Å². The van der Waals surface area contributed by atoms with Gasteiger partial charge in [-0.15, -0.1) is 0 Å². The number of hydrogen-bond donors (Lipinski definition) is 1. The van der Waals surface area contributed by atoms with Gasteiger partial charge in [-0.3, -0.25) is 9.69 Å². The standard InChI is InChI=1S/C18H28N4O3/c19-7-3-9-21(10-4-8-20)18(24)13-22-11-12-25-14-16(22)15-5-1-2-6-17(15)23/h15-17,23H,1-6,9-14H2/t15-,16+,17-/m0/s1. The van der Waals surface area contributed by atoms with Crippen LogP contribution in [0.5, 0.6) is 0 Å². The number of nitriles is 2. The van der Waals surface area contributed by atoms with E-state index in [-0.39, 0.29) is 43.4 Å². The Morgan fingerprint density at radius 3 is 2.52 bits per heavy atom. The van der Waals surface area contributed by atoms with Crippen molar-refractivity contribution in [1.82, 2.24) is 9.80 Å². The van der Waals surface area contributed by atoms with Crippen molar-refractivity contribution in [3.05, 3.63) is 0 Å². The molecule has 0 bridgehead atoms. The van der Waals surface area contributed by atoms with Crippen LogP contribution in [-0.2, 0) is 9.53 Å². The predicted molar refractivity (Wildman–Crippen MR) is 91.2 cm³/mol. The molecule has 3 atom stereocenters. The summed E-state index contributed by atoms with van der Waals surface area (Å²) in [5.41, 5.74) is 0. The first-order valence-electron chi connectivity index (χ1n) is 9.19. The Balaban J connectivity index is 1.99. The topological polar surface area (TPSA) is 101 Å². The summed E-state index contributed by atoms with van der Waals surface area (Å²) in [5, 5.41) is 27.9. The quantitative estimate of drug-likeness (QED) is 0.733. The normalized spacial score (nSPS) is 27.2. The number of carbonyl (C=O) groups excluding carboxylic acids is 1. The zero-order chi connectivity index (χ0) is 18.1.